The number of hydrogen-bond donors (Lipinski definition) is 0. The Hall–Kier alpha value is -2.55. The minimum Gasteiger partial charge on any atom is -0.496 e. The van der Waals surface area contributed by atoms with Crippen LogP contribution in [0.1, 0.15) is 22.4 Å². The van der Waals surface area contributed by atoms with E-state index in [0.29, 0.717) is 54.3 Å². The first-order valence-electron chi connectivity index (χ1n) is 10.6. The Labute approximate surface area is 188 Å². The van der Waals surface area contributed by atoms with Gasteiger partial charge in [0.25, 0.3) is 0 Å². The molecule has 32 heavy (non-hydrogen) atoms. The maximum atomic E-state index is 13.6. The first-order valence-corrected chi connectivity index (χ1v) is 12.1. The highest BCUT2D eigenvalue weighted by Crippen LogP contribution is 2.28. The van der Waals surface area contributed by atoms with Crippen molar-refractivity contribution >= 4 is 20.9 Å². The fraction of sp³-hybridized carbons (Fsp3) is 0.375. The van der Waals surface area contributed by atoms with Gasteiger partial charge in [0, 0.05) is 44.2 Å². The van der Waals surface area contributed by atoms with Gasteiger partial charge in [0.15, 0.2) is 0 Å². The summed E-state index contributed by atoms with van der Waals surface area (Å²) in [6.45, 7) is 8.31. The third-order valence-corrected chi connectivity index (χ3v) is 8.13. The van der Waals surface area contributed by atoms with Gasteiger partial charge >= 0.3 is 0 Å². The molecule has 2 heterocycles. The number of fused-ring (bicyclic) bond motifs is 1. The van der Waals surface area contributed by atoms with E-state index in [9.17, 15) is 12.8 Å². The van der Waals surface area contributed by atoms with Crippen molar-refractivity contribution < 1.29 is 17.5 Å². The summed E-state index contributed by atoms with van der Waals surface area (Å²) in [5.41, 5.74) is 4.11. The molecule has 1 aliphatic heterocycles. The molecule has 0 aliphatic carbocycles. The van der Waals surface area contributed by atoms with Crippen LogP contribution in [-0.4, -0.2) is 55.9 Å². The van der Waals surface area contributed by atoms with E-state index >= 15 is 0 Å². The van der Waals surface area contributed by atoms with Gasteiger partial charge in [0.05, 0.1) is 23.2 Å². The van der Waals surface area contributed by atoms with Crippen LogP contribution in [0.2, 0.25) is 0 Å². The molecule has 0 bridgehead atoms. The van der Waals surface area contributed by atoms with Crippen LogP contribution in [-0.2, 0) is 16.6 Å². The average Bonchev–Trinajstić information content (AvgIpc) is 2.73. The zero-order valence-electron chi connectivity index (χ0n) is 18.9. The van der Waals surface area contributed by atoms with Gasteiger partial charge < -0.3 is 4.74 Å². The fourth-order valence-electron chi connectivity index (χ4n) is 4.53. The van der Waals surface area contributed by atoms with Gasteiger partial charge in [0.1, 0.15) is 11.6 Å². The number of benzene rings is 2. The lowest BCUT2D eigenvalue weighted by molar-refractivity contribution is 0.180. The molecular weight excluding hydrogens is 429 g/mol. The van der Waals surface area contributed by atoms with Crippen molar-refractivity contribution in [2.45, 2.75) is 32.2 Å². The Morgan fingerprint density at radius 1 is 1.00 bits per heavy atom. The first kappa shape index (κ1) is 22.6. The van der Waals surface area contributed by atoms with Gasteiger partial charge in [0.2, 0.25) is 10.0 Å². The fourth-order valence-corrected chi connectivity index (χ4v) is 6.36. The molecule has 1 aromatic heterocycles. The molecule has 0 N–H and O–H groups in total. The molecule has 2 aromatic carbocycles. The SMILES string of the molecule is COc1cc(CN2CCN(S(=O)(=O)c3c(C)cc(C)cc3C)CC2)nc2ccc(F)cc12. The van der Waals surface area contributed by atoms with E-state index in [1.807, 2.05) is 39.0 Å². The minimum atomic E-state index is -3.54. The third-order valence-electron chi connectivity index (χ3n) is 5.93. The molecule has 1 fully saturated rings. The van der Waals surface area contributed by atoms with Gasteiger partial charge in [-0.05, 0) is 50.1 Å². The number of hydrogen-bond acceptors (Lipinski definition) is 5. The lowest BCUT2D eigenvalue weighted by atomic mass is 10.1. The predicted octanol–water partition coefficient (Wildman–Crippen LogP) is 3.81. The van der Waals surface area contributed by atoms with E-state index in [-0.39, 0.29) is 5.82 Å². The maximum Gasteiger partial charge on any atom is 0.243 e. The maximum absolute atomic E-state index is 13.6. The lowest BCUT2D eigenvalue weighted by Gasteiger charge is -2.34. The molecule has 0 saturated carbocycles. The van der Waals surface area contributed by atoms with Gasteiger partial charge in [-0.2, -0.15) is 4.31 Å². The van der Waals surface area contributed by atoms with E-state index in [1.54, 1.807) is 17.5 Å². The Morgan fingerprint density at radius 2 is 1.66 bits per heavy atom. The van der Waals surface area contributed by atoms with Crippen LogP contribution < -0.4 is 4.74 Å². The highest BCUT2D eigenvalue weighted by Gasteiger charge is 2.31. The molecule has 0 radical (unpaired) electrons. The Kier molecular flexibility index (Phi) is 6.20. The highest BCUT2D eigenvalue weighted by atomic mass is 32.2. The summed E-state index contributed by atoms with van der Waals surface area (Å²) in [5.74, 6) is 0.248. The van der Waals surface area contributed by atoms with Crippen molar-refractivity contribution in [3.63, 3.8) is 0 Å². The molecule has 4 rings (SSSR count). The second kappa shape index (κ2) is 8.77. The molecule has 0 atom stereocenters. The quantitative estimate of drug-likeness (QED) is 0.583. The molecule has 6 nitrogen and oxygen atoms in total. The minimum absolute atomic E-state index is 0.332. The van der Waals surface area contributed by atoms with Crippen molar-refractivity contribution in [1.82, 2.24) is 14.2 Å². The Balaban J connectivity index is 1.49. The van der Waals surface area contributed by atoms with Gasteiger partial charge in [-0.25, -0.2) is 12.8 Å². The van der Waals surface area contributed by atoms with Crippen LogP contribution in [0.5, 0.6) is 5.75 Å². The average molecular weight is 458 g/mol. The van der Waals surface area contributed by atoms with Crippen LogP contribution in [0.15, 0.2) is 41.3 Å². The normalized spacial score (nSPS) is 15.9. The molecule has 170 valence electrons. The topological polar surface area (TPSA) is 62.7 Å². The van der Waals surface area contributed by atoms with Crippen LogP contribution >= 0.6 is 0 Å². The monoisotopic (exact) mass is 457 g/mol. The molecule has 0 spiro atoms. The molecule has 3 aromatic rings. The molecule has 0 unspecified atom stereocenters. The van der Waals surface area contributed by atoms with E-state index < -0.39 is 10.0 Å². The van der Waals surface area contributed by atoms with Gasteiger partial charge in [-0.1, -0.05) is 17.7 Å². The summed E-state index contributed by atoms with van der Waals surface area (Å²) in [5, 5.41) is 0.635. The van der Waals surface area contributed by atoms with E-state index in [0.717, 1.165) is 22.4 Å². The Morgan fingerprint density at radius 3 is 2.28 bits per heavy atom. The van der Waals surface area contributed by atoms with Crippen molar-refractivity contribution in [2.75, 3.05) is 33.3 Å². The van der Waals surface area contributed by atoms with E-state index in [1.165, 1.54) is 12.1 Å². The number of aromatic nitrogens is 1. The van der Waals surface area contributed by atoms with E-state index in [4.69, 9.17) is 4.74 Å². The molecule has 0 amide bonds. The Bertz CT molecular complexity index is 1250. The number of piperazine rings is 1. The largest absolute Gasteiger partial charge is 0.496 e. The zero-order valence-corrected chi connectivity index (χ0v) is 19.7. The second-order valence-electron chi connectivity index (χ2n) is 8.39. The molecule has 8 heteroatoms. The van der Waals surface area contributed by atoms with Crippen molar-refractivity contribution in [3.05, 3.63) is 64.6 Å². The smallest absolute Gasteiger partial charge is 0.243 e. The van der Waals surface area contributed by atoms with Crippen molar-refractivity contribution in [2.24, 2.45) is 0 Å². The second-order valence-corrected chi connectivity index (χ2v) is 10.3. The summed E-state index contributed by atoms with van der Waals surface area (Å²) in [7, 11) is -1.99. The number of halogens is 1. The van der Waals surface area contributed by atoms with Crippen LogP contribution in [0.3, 0.4) is 0 Å². The number of ether oxygens (including phenoxy) is 1. The van der Waals surface area contributed by atoms with Gasteiger partial charge in [-0.15, -0.1) is 0 Å². The number of methoxy groups -OCH3 is 1. The third kappa shape index (κ3) is 4.35. The number of pyridine rings is 1. The standard InChI is InChI=1S/C24H28FN3O3S/c1-16-11-17(2)24(18(3)12-16)32(29,30)28-9-7-27(8-10-28)15-20-14-23(31-4)21-13-19(25)5-6-22(21)26-20/h5-6,11-14H,7-10,15H2,1-4H3. The summed E-state index contributed by atoms with van der Waals surface area (Å²) in [6, 6.07) is 10.1. The van der Waals surface area contributed by atoms with Crippen LogP contribution in [0.4, 0.5) is 4.39 Å². The summed E-state index contributed by atoms with van der Waals surface area (Å²) in [6.07, 6.45) is 0. The highest BCUT2D eigenvalue weighted by molar-refractivity contribution is 7.89. The van der Waals surface area contributed by atoms with Crippen molar-refractivity contribution in [3.8, 4) is 5.75 Å². The predicted molar refractivity (Wildman–Crippen MR) is 123 cm³/mol. The lowest BCUT2D eigenvalue weighted by Crippen LogP contribution is -2.48. The van der Waals surface area contributed by atoms with E-state index in [2.05, 4.69) is 9.88 Å². The zero-order chi connectivity index (χ0) is 23.0. The van der Waals surface area contributed by atoms with Crippen molar-refractivity contribution in [1.29, 1.82) is 0 Å². The van der Waals surface area contributed by atoms with Crippen LogP contribution in [0, 0.1) is 26.6 Å². The number of nitrogens with zero attached hydrogens (tertiary/aromatic N) is 3. The summed E-state index contributed by atoms with van der Waals surface area (Å²) < 4.78 is 47.2. The molecular formula is C24H28FN3O3S. The molecule has 1 aliphatic rings. The number of aryl methyl sites for hydroxylation is 3. The summed E-state index contributed by atoms with van der Waals surface area (Å²) in [4.78, 5) is 7.25. The van der Waals surface area contributed by atoms with Crippen LogP contribution in [0.25, 0.3) is 10.9 Å². The first-order chi connectivity index (χ1) is 15.2. The van der Waals surface area contributed by atoms with Gasteiger partial charge in [-0.3, -0.25) is 9.88 Å². The molecule has 1 saturated heterocycles. The number of sulfonamides is 1. The summed E-state index contributed by atoms with van der Waals surface area (Å²) >= 11 is 0. The number of rotatable bonds is 5.